The van der Waals surface area contributed by atoms with Crippen LogP contribution in [-0.4, -0.2) is 0 Å². The molecular formula is C34H21F3. The van der Waals surface area contributed by atoms with Crippen LogP contribution in [0.2, 0.25) is 0 Å². The molecule has 0 N–H and O–H groups in total. The summed E-state index contributed by atoms with van der Waals surface area (Å²) in [7, 11) is 0. The van der Waals surface area contributed by atoms with Gasteiger partial charge in [-0.3, -0.25) is 0 Å². The van der Waals surface area contributed by atoms with Gasteiger partial charge in [-0.1, -0.05) is 98.1 Å². The Morgan fingerprint density at radius 3 is 1.95 bits per heavy atom. The van der Waals surface area contributed by atoms with Gasteiger partial charge in [0.2, 0.25) is 0 Å². The summed E-state index contributed by atoms with van der Waals surface area (Å²) < 4.78 is 42.1. The average Bonchev–Trinajstić information content (AvgIpc) is 2.93. The topological polar surface area (TPSA) is 0 Å². The Morgan fingerprint density at radius 2 is 1.27 bits per heavy atom. The van der Waals surface area contributed by atoms with Gasteiger partial charge in [0.05, 0.1) is 0 Å². The molecule has 0 radical (unpaired) electrons. The highest BCUT2D eigenvalue weighted by molar-refractivity contribution is 6.29. The van der Waals surface area contributed by atoms with Crippen molar-refractivity contribution in [3.8, 4) is 22.3 Å². The normalized spacial score (nSPS) is 12.0. The van der Waals surface area contributed by atoms with E-state index in [0.29, 0.717) is 5.56 Å². The standard InChI is InChI=1S/C34H21F3/c1-3-8-20(4-2)28-19-29(21-9-6-5-7-10-21)27-16-15-25-24(23-17-30(35)34(37)31(36)18-23)13-11-22-12-14-26(28)33(27)32(22)25/h3-19H,1-2H2/b20-8+. The van der Waals surface area contributed by atoms with Crippen LogP contribution in [0.1, 0.15) is 5.56 Å². The summed E-state index contributed by atoms with van der Waals surface area (Å²) in [5, 5.41) is 5.98. The van der Waals surface area contributed by atoms with Crippen LogP contribution in [-0.2, 0) is 0 Å². The van der Waals surface area contributed by atoms with Crippen molar-refractivity contribution >= 4 is 37.9 Å². The van der Waals surface area contributed by atoms with Crippen LogP contribution in [0, 0.1) is 17.5 Å². The Labute approximate surface area is 212 Å². The summed E-state index contributed by atoms with van der Waals surface area (Å²) in [5.41, 5.74) is 5.02. The van der Waals surface area contributed by atoms with E-state index in [0.717, 1.165) is 66.7 Å². The zero-order valence-corrected chi connectivity index (χ0v) is 19.9. The lowest BCUT2D eigenvalue weighted by Gasteiger charge is -2.19. The molecule has 0 heterocycles. The summed E-state index contributed by atoms with van der Waals surface area (Å²) in [4.78, 5) is 0. The molecule has 0 aliphatic heterocycles. The van der Waals surface area contributed by atoms with Crippen LogP contribution in [0.4, 0.5) is 13.2 Å². The molecule has 0 unspecified atom stereocenters. The molecule has 0 saturated carbocycles. The van der Waals surface area contributed by atoms with Crippen molar-refractivity contribution in [2.24, 2.45) is 0 Å². The van der Waals surface area contributed by atoms with Gasteiger partial charge in [-0.2, -0.15) is 0 Å². The second-order valence-corrected chi connectivity index (χ2v) is 9.01. The number of hydrogen-bond acceptors (Lipinski definition) is 0. The fraction of sp³-hybridized carbons (Fsp3) is 0. The van der Waals surface area contributed by atoms with E-state index in [1.165, 1.54) is 0 Å². The van der Waals surface area contributed by atoms with Crippen molar-refractivity contribution in [2.75, 3.05) is 0 Å². The van der Waals surface area contributed by atoms with Crippen molar-refractivity contribution in [3.63, 3.8) is 0 Å². The van der Waals surface area contributed by atoms with Gasteiger partial charge in [0, 0.05) is 0 Å². The molecule has 0 bridgehead atoms. The summed E-state index contributed by atoms with van der Waals surface area (Å²) in [6.45, 7) is 7.90. The Kier molecular flexibility index (Phi) is 5.42. The zero-order valence-electron chi connectivity index (χ0n) is 19.9. The molecule has 37 heavy (non-hydrogen) atoms. The molecule has 6 rings (SSSR count). The maximum Gasteiger partial charge on any atom is 0.194 e. The number of benzene rings is 6. The summed E-state index contributed by atoms with van der Waals surface area (Å²) in [6.07, 6.45) is 5.49. The summed E-state index contributed by atoms with van der Waals surface area (Å²) >= 11 is 0. The van der Waals surface area contributed by atoms with Crippen LogP contribution in [0.3, 0.4) is 0 Å². The van der Waals surface area contributed by atoms with Gasteiger partial charge in [0.25, 0.3) is 0 Å². The van der Waals surface area contributed by atoms with Crippen LogP contribution in [0.15, 0.2) is 116 Å². The first kappa shape index (κ1) is 22.8. The molecule has 0 nitrogen and oxygen atoms in total. The molecule has 0 amide bonds. The Morgan fingerprint density at radius 1 is 0.622 bits per heavy atom. The van der Waals surface area contributed by atoms with E-state index < -0.39 is 17.5 Å². The van der Waals surface area contributed by atoms with Crippen molar-refractivity contribution in [3.05, 3.63) is 139 Å². The van der Waals surface area contributed by atoms with E-state index in [1.54, 1.807) is 6.08 Å². The highest BCUT2D eigenvalue weighted by atomic mass is 19.2. The highest BCUT2D eigenvalue weighted by Gasteiger charge is 2.19. The quantitative estimate of drug-likeness (QED) is 0.129. The summed E-state index contributed by atoms with van der Waals surface area (Å²) in [6, 6.07) is 26.4. The number of halogens is 3. The Balaban J connectivity index is 1.79. The predicted octanol–water partition coefficient (Wildman–Crippen LogP) is 10.1. The summed E-state index contributed by atoms with van der Waals surface area (Å²) in [5.74, 6) is -3.89. The van der Waals surface area contributed by atoms with Gasteiger partial charge >= 0.3 is 0 Å². The Hall–Kier alpha value is -4.63. The third-order valence-corrected chi connectivity index (χ3v) is 6.99. The SMILES string of the molecule is C=C/C=C(\C=C)c1cc(-c2ccccc2)c2ccc3c(-c4cc(F)c(F)c(F)c4)ccc4ccc1c2c43. The van der Waals surface area contributed by atoms with Crippen molar-refractivity contribution < 1.29 is 13.2 Å². The first-order chi connectivity index (χ1) is 18.0. The van der Waals surface area contributed by atoms with Crippen LogP contribution < -0.4 is 0 Å². The van der Waals surface area contributed by atoms with E-state index in [2.05, 4.69) is 49.6 Å². The van der Waals surface area contributed by atoms with Gasteiger partial charge in [-0.05, 0) is 83.9 Å². The number of hydrogen-bond donors (Lipinski definition) is 0. The van der Waals surface area contributed by atoms with E-state index in [9.17, 15) is 13.2 Å². The minimum Gasteiger partial charge on any atom is -0.204 e. The molecular weight excluding hydrogens is 465 g/mol. The highest BCUT2D eigenvalue weighted by Crippen LogP contribution is 2.45. The van der Waals surface area contributed by atoms with E-state index in [-0.39, 0.29) is 5.56 Å². The second kappa shape index (κ2) is 8.79. The fourth-order valence-electron chi connectivity index (χ4n) is 5.35. The number of allylic oxidation sites excluding steroid dienone is 4. The monoisotopic (exact) mass is 486 g/mol. The molecule has 0 aromatic heterocycles. The van der Waals surface area contributed by atoms with Crippen LogP contribution >= 0.6 is 0 Å². The molecule has 0 aliphatic rings. The van der Waals surface area contributed by atoms with E-state index >= 15 is 0 Å². The third kappa shape index (κ3) is 3.54. The molecule has 0 atom stereocenters. The van der Waals surface area contributed by atoms with E-state index in [4.69, 9.17) is 0 Å². The molecule has 0 aliphatic carbocycles. The lowest BCUT2D eigenvalue weighted by molar-refractivity contribution is 0.448. The lowest BCUT2D eigenvalue weighted by Crippen LogP contribution is -1.95. The van der Waals surface area contributed by atoms with Gasteiger partial charge in [0.1, 0.15) is 0 Å². The smallest absolute Gasteiger partial charge is 0.194 e. The second-order valence-electron chi connectivity index (χ2n) is 9.01. The van der Waals surface area contributed by atoms with Crippen LogP contribution in [0.5, 0.6) is 0 Å². The van der Waals surface area contributed by atoms with Crippen molar-refractivity contribution in [1.82, 2.24) is 0 Å². The minimum absolute atomic E-state index is 0.288. The van der Waals surface area contributed by atoms with E-state index in [1.807, 2.05) is 48.6 Å². The molecule has 178 valence electrons. The average molecular weight is 487 g/mol. The van der Waals surface area contributed by atoms with Crippen LogP contribution in [0.25, 0.3) is 60.1 Å². The first-order valence-electron chi connectivity index (χ1n) is 11.9. The third-order valence-electron chi connectivity index (χ3n) is 6.99. The molecule has 0 spiro atoms. The zero-order chi connectivity index (χ0) is 25.7. The fourth-order valence-corrected chi connectivity index (χ4v) is 5.35. The largest absolute Gasteiger partial charge is 0.204 e. The van der Waals surface area contributed by atoms with Gasteiger partial charge in [-0.15, -0.1) is 0 Å². The van der Waals surface area contributed by atoms with Gasteiger partial charge in [0.15, 0.2) is 17.5 Å². The van der Waals surface area contributed by atoms with Gasteiger partial charge < -0.3 is 0 Å². The minimum atomic E-state index is -1.47. The predicted molar refractivity (Wildman–Crippen MR) is 149 cm³/mol. The van der Waals surface area contributed by atoms with Crippen molar-refractivity contribution in [2.45, 2.75) is 0 Å². The Bertz CT molecular complexity index is 1850. The molecule has 0 fully saturated rings. The lowest BCUT2D eigenvalue weighted by atomic mass is 9.84. The first-order valence-corrected chi connectivity index (χ1v) is 11.9. The molecule has 6 aromatic carbocycles. The maximum atomic E-state index is 14.2. The van der Waals surface area contributed by atoms with Crippen molar-refractivity contribution in [1.29, 1.82) is 0 Å². The van der Waals surface area contributed by atoms with Gasteiger partial charge in [-0.25, -0.2) is 13.2 Å². The maximum absolute atomic E-state index is 14.2. The molecule has 6 aromatic rings. The number of rotatable bonds is 5. The molecule has 3 heteroatoms. The molecule has 0 saturated heterocycles.